The van der Waals surface area contributed by atoms with Crippen LogP contribution in [0.25, 0.3) is 0 Å². The topological polar surface area (TPSA) is 96.4 Å². The number of nitrogens with one attached hydrogen (secondary N) is 1. The van der Waals surface area contributed by atoms with Crippen LogP contribution >= 0.6 is 0 Å². The van der Waals surface area contributed by atoms with Crippen LogP contribution in [-0.2, 0) is 9.84 Å². The predicted octanol–water partition coefficient (Wildman–Crippen LogP) is -0.892. The van der Waals surface area contributed by atoms with E-state index >= 15 is 0 Å². The van der Waals surface area contributed by atoms with Crippen molar-refractivity contribution in [2.45, 2.75) is 12.1 Å². The second kappa shape index (κ2) is 4.62. The van der Waals surface area contributed by atoms with E-state index < -0.39 is 33.7 Å². The Morgan fingerprint density at radius 2 is 2.17 bits per heavy atom. The lowest BCUT2D eigenvalue weighted by molar-refractivity contribution is 0.0888. The average molecular weight is 274 g/mol. The van der Waals surface area contributed by atoms with Gasteiger partial charge in [0.25, 0.3) is 5.91 Å². The smallest absolute Gasteiger partial charge is 0.253 e. The molecule has 0 aliphatic carbocycles. The molecule has 1 aromatic heterocycles. The van der Waals surface area contributed by atoms with E-state index in [0.29, 0.717) is 0 Å². The van der Waals surface area contributed by atoms with E-state index in [-0.39, 0.29) is 17.1 Å². The molecule has 1 saturated heterocycles. The molecule has 18 heavy (non-hydrogen) atoms. The number of aliphatic hydroxyl groups is 1. The number of pyridine rings is 1. The summed E-state index contributed by atoms with van der Waals surface area (Å²) in [6.07, 6.45) is 0.973. The van der Waals surface area contributed by atoms with E-state index in [9.17, 15) is 22.7 Å². The molecule has 2 heterocycles. The monoisotopic (exact) mass is 274 g/mol. The van der Waals surface area contributed by atoms with Crippen molar-refractivity contribution >= 4 is 15.7 Å². The van der Waals surface area contributed by atoms with E-state index in [2.05, 4.69) is 10.3 Å². The van der Waals surface area contributed by atoms with Crippen molar-refractivity contribution in [3.8, 4) is 0 Å². The van der Waals surface area contributed by atoms with Crippen molar-refractivity contribution < 1.29 is 22.7 Å². The van der Waals surface area contributed by atoms with Gasteiger partial charge in [-0.3, -0.25) is 9.78 Å². The Hall–Kier alpha value is -1.54. The highest BCUT2D eigenvalue weighted by Gasteiger charge is 2.37. The Morgan fingerprint density at radius 1 is 1.44 bits per heavy atom. The minimum absolute atomic E-state index is 0.0218. The van der Waals surface area contributed by atoms with E-state index in [1.165, 1.54) is 0 Å². The number of nitrogens with zero attached hydrogens (tertiary/aromatic N) is 1. The summed E-state index contributed by atoms with van der Waals surface area (Å²) in [6, 6.07) is 0.115. The van der Waals surface area contributed by atoms with Gasteiger partial charge in [0.1, 0.15) is 5.82 Å². The second-order valence-corrected chi connectivity index (χ2v) is 6.27. The zero-order valence-electron chi connectivity index (χ0n) is 9.21. The minimum atomic E-state index is -3.34. The van der Waals surface area contributed by atoms with Gasteiger partial charge in [-0.05, 0) is 6.07 Å². The molecule has 6 nitrogen and oxygen atoms in total. The zero-order chi connectivity index (χ0) is 13.3. The van der Waals surface area contributed by atoms with Gasteiger partial charge in [0.2, 0.25) is 0 Å². The fraction of sp³-hybridized carbons (Fsp3) is 0.400. The number of halogens is 1. The van der Waals surface area contributed by atoms with Gasteiger partial charge < -0.3 is 10.4 Å². The maximum atomic E-state index is 12.9. The third kappa shape index (κ3) is 2.82. The Balaban J connectivity index is 2.09. The molecule has 1 aliphatic rings. The van der Waals surface area contributed by atoms with Crippen LogP contribution in [0.1, 0.15) is 10.4 Å². The van der Waals surface area contributed by atoms with Crippen LogP contribution in [-0.4, -0.2) is 48.1 Å². The first kappa shape index (κ1) is 12.9. The number of sulfone groups is 1. The number of amides is 1. The first-order valence-corrected chi connectivity index (χ1v) is 6.99. The molecule has 0 spiro atoms. The van der Waals surface area contributed by atoms with Gasteiger partial charge in [0.15, 0.2) is 9.84 Å². The summed E-state index contributed by atoms with van der Waals surface area (Å²) in [6.45, 7) is 0. The molecule has 1 amide bonds. The largest absolute Gasteiger partial charge is 0.390 e. The molecule has 2 N–H and O–H groups in total. The summed E-state index contributed by atoms with van der Waals surface area (Å²) in [4.78, 5) is 15.2. The zero-order valence-corrected chi connectivity index (χ0v) is 10.0. The first-order chi connectivity index (χ1) is 8.37. The van der Waals surface area contributed by atoms with E-state index in [0.717, 1.165) is 18.5 Å². The minimum Gasteiger partial charge on any atom is -0.390 e. The van der Waals surface area contributed by atoms with Crippen molar-refractivity contribution in [3.05, 3.63) is 29.8 Å². The van der Waals surface area contributed by atoms with Crippen molar-refractivity contribution in [2.24, 2.45) is 0 Å². The fourth-order valence-corrected chi connectivity index (χ4v) is 3.50. The third-order valence-corrected chi connectivity index (χ3v) is 4.32. The fourth-order valence-electron chi connectivity index (χ4n) is 1.75. The van der Waals surface area contributed by atoms with Crippen LogP contribution in [0.15, 0.2) is 18.5 Å². The SMILES string of the molecule is O=C(N[C@@H]1CS(=O)(=O)C[C@H]1O)c1cncc(F)c1. The number of carbonyl (C=O) groups is 1. The van der Waals surface area contributed by atoms with Crippen molar-refractivity contribution in [1.82, 2.24) is 10.3 Å². The van der Waals surface area contributed by atoms with Crippen LogP contribution in [0.4, 0.5) is 4.39 Å². The van der Waals surface area contributed by atoms with Gasteiger partial charge in [-0.15, -0.1) is 0 Å². The number of hydrogen-bond acceptors (Lipinski definition) is 5. The Labute approximate surface area is 103 Å². The molecule has 1 aliphatic heterocycles. The van der Waals surface area contributed by atoms with E-state index in [4.69, 9.17) is 0 Å². The summed E-state index contributed by atoms with van der Waals surface area (Å²) in [5.41, 5.74) is -0.0218. The standard InChI is InChI=1S/C10H11FN2O4S/c11-7-1-6(2-12-3-7)10(15)13-8-4-18(16,17)5-9(8)14/h1-3,8-9,14H,4-5H2,(H,13,15)/t8-,9-/m1/s1. The van der Waals surface area contributed by atoms with Gasteiger partial charge in [0.05, 0.1) is 35.4 Å². The van der Waals surface area contributed by atoms with E-state index in [1.807, 2.05) is 0 Å². The molecular weight excluding hydrogens is 263 g/mol. The summed E-state index contributed by atoms with van der Waals surface area (Å²) < 4.78 is 35.3. The van der Waals surface area contributed by atoms with E-state index in [1.54, 1.807) is 0 Å². The predicted molar refractivity (Wildman–Crippen MR) is 60.1 cm³/mol. The van der Waals surface area contributed by atoms with Crippen molar-refractivity contribution in [1.29, 1.82) is 0 Å². The molecule has 2 atom stereocenters. The molecule has 0 saturated carbocycles. The molecule has 8 heteroatoms. The van der Waals surface area contributed by atoms with Crippen LogP contribution in [0.5, 0.6) is 0 Å². The Morgan fingerprint density at radius 3 is 2.72 bits per heavy atom. The normalized spacial score (nSPS) is 25.9. The van der Waals surface area contributed by atoms with Gasteiger partial charge in [-0.1, -0.05) is 0 Å². The molecule has 1 aromatic rings. The number of carbonyl (C=O) groups excluding carboxylic acids is 1. The summed E-state index contributed by atoms with van der Waals surface area (Å²) in [5, 5.41) is 11.8. The molecule has 1 fully saturated rings. The summed E-state index contributed by atoms with van der Waals surface area (Å²) in [7, 11) is -3.34. The van der Waals surface area contributed by atoms with Crippen LogP contribution in [0.3, 0.4) is 0 Å². The quantitative estimate of drug-likeness (QED) is 0.729. The highest BCUT2D eigenvalue weighted by Crippen LogP contribution is 2.13. The molecule has 0 aromatic carbocycles. The highest BCUT2D eigenvalue weighted by molar-refractivity contribution is 7.91. The van der Waals surface area contributed by atoms with Crippen LogP contribution in [0.2, 0.25) is 0 Å². The van der Waals surface area contributed by atoms with Crippen molar-refractivity contribution in [3.63, 3.8) is 0 Å². The van der Waals surface area contributed by atoms with Gasteiger partial charge >= 0.3 is 0 Å². The van der Waals surface area contributed by atoms with Crippen molar-refractivity contribution in [2.75, 3.05) is 11.5 Å². The lowest BCUT2D eigenvalue weighted by Crippen LogP contribution is -2.42. The summed E-state index contributed by atoms with van der Waals surface area (Å²) in [5.74, 6) is -2.02. The van der Waals surface area contributed by atoms with Gasteiger partial charge in [-0.25, -0.2) is 12.8 Å². The number of hydrogen-bond donors (Lipinski definition) is 2. The lowest BCUT2D eigenvalue weighted by atomic mass is 10.2. The number of rotatable bonds is 2. The number of aromatic nitrogens is 1. The second-order valence-electron chi connectivity index (χ2n) is 4.12. The van der Waals surface area contributed by atoms with Gasteiger partial charge in [-0.2, -0.15) is 0 Å². The molecular formula is C10H11FN2O4S. The maximum absolute atomic E-state index is 12.9. The van der Waals surface area contributed by atoms with Gasteiger partial charge in [0, 0.05) is 6.20 Å². The third-order valence-electron chi connectivity index (χ3n) is 2.61. The molecule has 0 radical (unpaired) electrons. The highest BCUT2D eigenvalue weighted by atomic mass is 32.2. The average Bonchev–Trinajstić information content (AvgIpc) is 2.51. The molecule has 0 unspecified atom stereocenters. The maximum Gasteiger partial charge on any atom is 0.253 e. The molecule has 2 rings (SSSR count). The summed E-state index contributed by atoms with van der Waals surface area (Å²) >= 11 is 0. The Kier molecular flexibility index (Phi) is 3.31. The lowest BCUT2D eigenvalue weighted by Gasteiger charge is -2.14. The van der Waals surface area contributed by atoms with Crippen LogP contribution < -0.4 is 5.32 Å². The molecule has 98 valence electrons. The Bertz CT molecular complexity index is 575. The van der Waals surface area contributed by atoms with Crippen LogP contribution in [0, 0.1) is 5.82 Å². The molecule has 0 bridgehead atoms. The first-order valence-electron chi connectivity index (χ1n) is 5.17. The number of aliphatic hydroxyl groups excluding tert-OH is 1.